The first-order valence-corrected chi connectivity index (χ1v) is 5.24. The van der Waals surface area contributed by atoms with Gasteiger partial charge in [-0.1, -0.05) is 50.8 Å². The van der Waals surface area contributed by atoms with Crippen molar-refractivity contribution < 1.29 is 0 Å². The van der Waals surface area contributed by atoms with Crippen molar-refractivity contribution in [1.82, 2.24) is 4.98 Å². The van der Waals surface area contributed by atoms with Crippen LogP contribution in [-0.2, 0) is 0 Å². The van der Waals surface area contributed by atoms with Gasteiger partial charge in [0.05, 0.1) is 5.69 Å². The summed E-state index contributed by atoms with van der Waals surface area (Å²) in [6, 6.07) is 5.80. The molecule has 0 spiro atoms. The molecular weight excluding hydrogens is 182 g/mol. The highest BCUT2D eigenvalue weighted by Crippen LogP contribution is 2.09. The Hall–Kier alpha value is -1.63. The number of nitrogens with zero attached hydrogens (tertiary/aromatic N) is 1. The van der Waals surface area contributed by atoms with Crippen LogP contribution in [0.25, 0.3) is 5.57 Å². The quantitative estimate of drug-likeness (QED) is 0.666. The molecule has 1 nitrogen and oxygen atoms in total. The summed E-state index contributed by atoms with van der Waals surface area (Å²) in [5.74, 6) is 0. The zero-order chi connectivity index (χ0) is 11.5. The Labute approximate surface area is 92.9 Å². The standard InChI is InChI=1S/C12H13N.C2H6/c1-3-4-5-8-11(2)12-9-6-7-10-13-12;1-2/h3-10H,2H2,1H3;1-2H3/b4-3-,8-5-;. The van der Waals surface area contributed by atoms with Crippen molar-refractivity contribution >= 4 is 5.57 Å². The highest BCUT2D eigenvalue weighted by atomic mass is 14.7. The molecule has 0 saturated heterocycles. The molecule has 0 unspecified atom stereocenters. The van der Waals surface area contributed by atoms with Crippen LogP contribution in [0.1, 0.15) is 26.5 Å². The van der Waals surface area contributed by atoms with Crippen molar-refractivity contribution in [2.24, 2.45) is 0 Å². The van der Waals surface area contributed by atoms with Crippen LogP contribution in [0.2, 0.25) is 0 Å². The van der Waals surface area contributed by atoms with Gasteiger partial charge < -0.3 is 0 Å². The van der Waals surface area contributed by atoms with Crippen LogP contribution in [0.3, 0.4) is 0 Å². The van der Waals surface area contributed by atoms with Gasteiger partial charge in [-0.15, -0.1) is 0 Å². The van der Waals surface area contributed by atoms with E-state index < -0.39 is 0 Å². The van der Waals surface area contributed by atoms with E-state index in [4.69, 9.17) is 0 Å². The van der Waals surface area contributed by atoms with Gasteiger partial charge in [0.2, 0.25) is 0 Å². The van der Waals surface area contributed by atoms with Gasteiger partial charge in [0.25, 0.3) is 0 Å². The molecular formula is C14H19N. The summed E-state index contributed by atoms with van der Waals surface area (Å²) < 4.78 is 0. The van der Waals surface area contributed by atoms with Gasteiger partial charge in [-0.2, -0.15) is 0 Å². The maximum absolute atomic E-state index is 4.18. The summed E-state index contributed by atoms with van der Waals surface area (Å²) in [5.41, 5.74) is 1.85. The minimum absolute atomic E-state index is 0.920. The number of hydrogen-bond donors (Lipinski definition) is 0. The molecule has 1 aromatic rings. The first kappa shape index (κ1) is 13.4. The number of pyridine rings is 1. The Bertz CT molecular complexity index is 320. The lowest BCUT2D eigenvalue weighted by molar-refractivity contribution is 1.28. The molecule has 1 aromatic heterocycles. The predicted octanol–water partition coefficient (Wildman–Crippen LogP) is 4.25. The summed E-state index contributed by atoms with van der Waals surface area (Å²) in [6.45, 7) is 9.89. The lowest BCUT2D eigenvalue weighted by Gasteiger charge is -1.96. The van der Waals surface area contributed by atoms with Gasteiger partial charge in [0.15, 0.2) is 0 Å². The van der Waals surface area contributed by atoms with Crippen LogP contribution in [0.5, 0.6) is 0 Å². The van der Waals surface area contributed by atoms with Crippen LogP contribution < -0.4 is 0 Å². The van der Waals surface area contributed by atoms with E-state index in [2.05, 4.69) is 11.6 Å². The lowest BCUT2D eigenvalue weighted by Crippen LogP contribution is -1.82. The SMILES string of the molecule is C=C(/C=C\C=C/C)c1ccccn1.CC. The third-order valence-corrected chi connectivity index (χ3v) is 1.59. The fourth-order valence-corrected chi connectivity index (χ4v) is 0.921. The molecule has 80 valence electrons. The lowest BCUT2D eigenvalue weighted by atomic mass is 10.2. The Morgan fingerprint density at radius 2 is 2.00 bits per heavy atom. The van der Waals surface area contributed by atoms with Crippen molar-refractivity contribution in [3.05, 3.63) is 61.0 Å². The van der Waals surface area contributed by atoms with Crippen LogP contribution >= 0.6 is 0 Å². The first-order chi connectivity index (χ1) is 7.34. The van der Waals surface area contributed by atoms with E-state index in [0.29, 0.717) is 0 Å². The van der Waals surface area contributed by atoms with Gasteiger partial charge in [0.1, 0.15) is 0 Å². The zero-order valence-electron chi connectivity index (χ0n) is 9.77. The van der Waals surface area contributed by atoms with Gasteiger partial charge in [-0.3, -0.25) is 4.98 Å². The van der Waals surface area contributed by atoms with Gasteiger partial charge in [-0.25, -0.2) is 0 Å². The minimum atomic E-state index is 0.920. The summed E-state index contributed by atoms with van der Waals surface area (Å²) in [4.78, 5) is 4.18. The molecule has 0 bridgehead atoms. The molecule has 0 aromatic carbocycles. The van der Waals surface area contributed by atoms with Gasteiger partial charge >= 0.3 is 0 Å². The Morgan fingerprint density at radius 1 is 1.27 bits per heavy atom. The Kier molecular flexibility index (Phi) is 7.97. The van der Waals surface area contributed by atoms with Crippen LogP contribution in [0.15, 0.2) is 55.3 Å². The highest BCUT2D eigenvalue weighted by Gasteiger charge is 1.92. The van der Waals surface area contributed by atoms with Crippen molar-refractivity contribution in [3.8, 4) is 0 Å². The third-order valence-electron chi connectivity index (χ3n) is 1.59. The van der Waals surface area contributed by atoms with E-state index in [0.717, 1.165) is 11.3 Å². The smallest absolute Gasteiger partial charge is 0.0695 e. The molecule has 0 aliphatic heterocycles. The monoisotopic (exact) mass is 201 g/mol. The van der Waals surface area contributed by atoms with E-state index in [1.165, 1.54) is 0 Å². The summed E-state index contributed by atoms with van der Waals surface area (Å²) in [6.07, 6.45) is 9.61. The normalized spacial score (nSPS) is 10.1. The van der Waals surface area contributed by atoms with Crippen molar-refractivity contribution in [1.29, 1.82) is 0 Å². The summed E-state index contributed by atoms with van der Waals surface area (Å²) >= 11 is 0. The molecule has 0 N–H and O–H groups in total. The Balaban J connectivity index is 0.000000921. The molecule has 15 heavy (non-hydrogen) atoms. The summed E-state index contributed by atoms with van der Waals surface area (Å²) in [7, 11) is 0. The first-order valence-electron chi connectivity index (χ1n) is 5.24. The number of aromatic nitrogens is 1. The molecule has 1 rings (SSSR count). The molecule has 0 aliphatic carbocycles. The second-order valence-electron chi connectivity index (χ2n) is 2.63. The van der Waals surface area contributed by atoms with E-state index in [1.54, 1.807) is 6.20 Å². The van der Waals surface area contributed by atoms with Crippen molar-refractivity contribution in [2.45, 2.75) is 20.8 Å². The van der Waals surface area contributed by atoms with Gasteiger partial charge in [-0.05, 0) is 24.6 Å². The van der Waals surface area contributed by atoms with E-state index in [1.807, 2.05) is 63.3 Å². The molecule has 0 aliphatic rings. The average molecular weight is 201 g/mol. The highest BCUT2D eigenvalue weighted by molar-refractivity contribution is 5.69. The van der Waals surface area contributed by atoms with E-state index in [9.17, 15) is 0 Å². The number of allylic oxidation sites excluding steroid dienone is 5. The average Bonchev–Trinajstić information content (AvgIpc) is 2.33. The largest absolute Gasteiger partial charge is 0.256 e. The molecule has 1 heterocycles. The maximum Gasteiger partial charge on any atom is 0.0695 e. The van der Waals surface area contributed by atoms with E-state index >= 15 is 0 Å². The van der Waals surface area contributed by atoms with Crippen molar-refractivity contribution in [3.63, 3.8) is 0 Å². The van der Waals surface area contributed by atoms with Gasteiger partial charge in [0, 0.05) is 6.20 Å². The maximum atomic E-state index is 4.18. The van der Waals surface area contributed by atoms with Crippen LogP contribution in [0.4, 0.5) is 0 Å². The van der Waals surface area contributed by atoms with E-state index in [-0.39, 0.29) is 0 Å². The topological polar surface area (TPSA) is 12.9 Å². The molecule has 0 fully saturated rings. The fraction of sp³-hybridized carbons (Fsp3) is 0.214. The molecule has 0 radical (unpaired) electrons. The molecule has 0 amide bonds. The minimum Gasteiger partial charge on any atom is -0.256 e. The fourth-order valence-electron chi connectivity index (χ4n) is 0.921. The van der Waals surface area contributed by atoms with Crippen molar-refractivity contribution in [2.75, 3.05) is 0 Å². The molecule has 1 heteroatoms. The third kappa shape index (κ3) is 5.63. The van der Waals surface area contributed by atoms with Crippen LogP contribution in [0, 0.1) is 0 Å². The number of rotatable bonds is 3. The molecule has 0 atom stereocenters. The zero-order valence-corrected chi connectivity index (χ0v) is 9.77. The predicted molar refractivity (Wildman–Crippen MR) is 68.6 cm³/mol. The Morgan fingerprint density at radius 3 is 2.53 bits per heavy atom. The molecule has 0 saturated carbocycles. The second-order valence-corrected chi connectivity index (χ2v) is 2.63. The van der Waals surface area contributed by atoms with Crippen LogP contribution in [-0.4, -0.2) is 4.98 Å². The second kappa shape index (κ2) is 8.95. The summed E-state index contributed by atoms with van der Waals surface area (Å²) in [5, 5.41) is 0. The number of hydrogen-bond acceptors (Lipinski definition) is 1.